The quantitative estimate of drug-likeness (QED) is 0.850. The van der Waals surface area contributed by atoms with E-state index < -0.39 is 0 Å². The van der Waals surface area contributed by atoms with E-state index in [1.54, 1.807) is 12.1 Å². The largest absolute Gasteiger partial charge is 0.379 e. The van der Waals surface area contributed by atoms with Crippen molar-refractivity contribution < 1.29 is 18.7 Å². The third-order valence-corrected chi connectivity index (χ3v) is 5.43. The normalized spacial score (nSPS) is 30.5. The smallest absolute Gasteiger partial charge is 0.226 e. The van der Waals surface area contributed by atoms with Crippen LogP contribution >= 0.6 is 0 Å². The number of hydrogen-bond acceptors (Lipinski definition) is 3. The second kappa shape index (κ2) is 6.81. The van der Waals surface area contributed by atoms with Crippen molar-refractivity contribution in [3.8, 4) is 0 Å². The van der Waals surface area contributed by atoms with E-state index in [2.05, 4.69) is 0 Å². The van der Waals surface area contributed by atoms with Crippen LogP contribution in [0.4, 0.5) is 4.39 Å². The number of piperidine rings is 1. The summed E-state index contributed by atoms with van der Waals surface area (Å²) in [5, 5.41) is 0. The molecule has 2 aliphatic heterocycles. The van der Waals surface area contributed by atoms with Crippen LogP contribution in [0.15, 0.2) is 24.3 Å². The van der Waals surface area contributed by atoms with Gasteiger partial charge in [0, 0.05) is 25.6 Å². The minimum atomic E-state index is -0.225. The van der Waals surface area contributed by atoms with Crippen LogP contribution in [-0.2, 0) is 14.3 Å². The molecule has 1 saturated carbocycles. The van der Waals surface area contributed by atoms with Crippen LogP contribution in [0.5, 0.6) is 0 Å². The number of benzene rings is 1. The minimum Gasteiger partial charge on any atom is -0.379 e. The molecule has 0 unspecified atom stereocenters. The van der Waals surface area contributed by atoms with E-state index in [9.17, 15) is 9.18 Å². The van der Waals surface area contributed by atoms with Crippen LogP contribution in [0.25, 0.3) is 0 Å². The lowest BCUT2D eigenvalue weighted by atomic mass is 10.1. The van der Waals surface area contributed by atoms with Gasteiger partial charge >= 0.3 is 0 Å². The minimum absolute atomic E-state index is 0.0798. The predicted molar refractivity (Wildman–Crippen MR) is 87.2 cm³/mol. The molecule has 4 nitrogen and oxygen atoms in total. The van der Waals surface area contributed by atoms with Gasteiger partial charge in [-0.2, -0.15) is 0 Å². The number of rotatable bonds is 4. The number of ether oxygens (including phenoxy) is 2. The SMILES string of the molecule is O=C([C@@H]1C[C@@H]1c1ccc(F)cc1)N1CCC(O[C@@H]2CCOC2)CC1. The maximum Gasteiger partial charge on any atom is 0.226 e. The van der Waals surface area contributed by atoms with E-state index in [-0.39, 0.29) is 35.8 Å². The van der Waals surface area contributed by atoms with Gasteiger partial charge in [-0.15, -0.1) is 0 Å². The number of carbonyl (C=O) groups is 1. The van der Waals surface area contributed by atoms with Gasteiger partial charge in [-0.1, -0.05) is 12.1 Å². The van der Waals surface area contributed by atoms with Gasteiger partial charge in [0.15, 0.2) is 0 Å². The summed E-state index contributed by atoms with van der Waals surface area (Å²) in [5.41, 5.74) is 1.08. The van der Waals surface area contributed by atoms with Crippen molar-refractivity contribution in [2.24, 2.45) is 5.92 Å². The van der Waals surface area contributed by atoms with Crippen molar-refractivity contribution in [2.45, 2.75) is 43.8 Å². The summed E-state index contributed by atoms with van der Waals surface area (Å²) in [6.45, 7) is 3.07. The number of amides is 1. The van der Waals surface area contributed by atoms with E-state index in [0.29, 0.717) is 6.61 Å². The third kappa shape index (κ3) is 3.47. The zero-order valence-corrected chi connectivity index (χ0v) is 13.8. The van der Waals surface area contributed by atoms with Gasteiger partial charge in [0.05, 0.1) is 18.8 Å². The fourth-order valence-electron chi connectivity index (χ4n) is 3.89. The van der Waals surface area contributed by atoms with Gasteiger partial charge in [0.1, 0.15) is 5.82 Å². The summed E-state index contributed by atoms with van der Waals surface area (Å²) in [6, 6.07) is 6.56. The highest BCUT2D eigenvalue weighted by atomic mass is 19.1. The Hall–Kier alpha value is -1.46. The Balaban J connectivity index is 1.25. The van der Waals surface area contributed by atoms with Crippen LogP contribution in [0, 0.1) is 11.7 Å². The van der Waals surface area contributed by atoms with Crippen LogP contribution in [0.3, 0.4) is 0 Å². The van der Waals surface area contributed by atoms with Gasteiger partial charge in [-0.05, 0) is 49.3 Å². The number of halogens is 1. The lowest BCUT2D eigenvalue weighted by Gasteiger charge is -2.33. The van der Waals surface area contributed by atoms with Gasteiger partial charge in [-0.25, -0.2) is 4.39 Å². The summed E-state index contributed by atoms with van der Waals surface area (Å²) in [5.74, 6) is 0.378. The molecule has 2 saturated heterocycles. The van der Waals surface area contributed by atoms with Crippen LogP contribution < -0.4 is 0 Å². The molecule has 24 heavy (non-hydrogen) atoms. The molecule has 130 valence electrons. The van der Waals surface area contributed by atoms with Crippen molar-refractivity contribution in [2.75, 3.05) is 26.3 Å². The van der Waals surface area contributed by atoms with Crippen molar-refractivity contribution in [3.63, 3.8) is 0 Å². The maximum absolute atomic E-state index is 13.0. The van der Waals surface area contributed by atoms with Crippen molar-refractivity contribution in [3.05, 3.63) is 35.6 Å². The highest BCUT2D eigenvalue weighted by Crippen LogP contribution is 2.48. The first-order valence-corrected chi connectivity index (χ1v) is 8.98. The van der Waals surface area contributed by atoms with Crippen LogP contribution in [-0.4, -0.2) is 49.3 Å². The number of carbonyl (C=O) groups excluding carboxylic acids is 1. The average molecular weight is 333 g/mol. The summed E-state index contributed by atoms with van der Waals surface area (Å²) >= 11 is 0. The highest BCUT2D eigenvalue weighted by Gasteiger charge is 2.46. The standard InChI is InChI=1S/C19H24FNO3/c20-14-3-1-13(2-4-14)17-11-18(17)19(22)21-8-5-15(6-9-21)24-16-7-10-23-12-16/h1-4,15-18H,5-12H2/t16-,17-,18-/m1/s1. The Bertz CT molecular complexity index is 577. The topological polar surface area (TPSA) is 38.8 Å². The molecule has 1 aliphatic carbocycles. The summed E-state index contributed by atoms with van der Waals surface area (Å²) < 4.78 is 24.4. The highest BCUT2D eigenvalue weighted by molar-refractivity contribution is 5.83. The molecule has 3 fully saturated rings. The van der Waals surface area contributed by atoms with Crippen LogP contribution in [0.2, 0.25) is 0 Å². The maximum atomic E-state index is 13.0. The first-order chi connectivity index (χ1) is 11.7. The number of nitrogens with zero attached hydrogens (tertiary/aromatic N) is 1. The summed E-state index contributed by atoms with van der Waals surface area (Å²) in [6.07, 6.45) is 4.20. The molecule has 0 spiro atoms. The Labute approximate surface area is 141 Å². The van der Waals surface area contributed by atoms with Gasteiger partial charge in [0.25, 0.3) is 0 Å². The average Bonchev–Trinajstić information content (AvgIpc) is 3.24. The second-order valence-corrected chi connectivity index (χ2v) is 7.15. The molecular formula is C19H24FNO3. The number of likely N-dealkylation sites (tertiary alicyclic amines) is 1. The Kier molecular flexibility index (Phi) is 4.55. The predicted octanol–water partition coefficient (Wildman–Crippen LogP) is 2.73. The van der Waals surface area contributed by atoms with E-state index >= 15 is 0 Å². The molecule has 1 aromatic carbocycles. The molecular weight excluding hydrogens is 309 g/mol. The molecule has 5 heteroatoms. The molecule has 1 aromatic rings. The first kappa shape index (κ1) is 16.0. The molecule has 0 bridgehead atoms. The second-order valence-electron chi connectivity index (χ2n) is 7.15. The lowest BCUT2D eigenvalue weighted by molar-refractivity contribution is -0.136. The molecule has 0 N–H and O–H groups in total. The zero-order chi connectivity index (χ0) is 16.5. The van der Waals surface area contributed by atoms with Crippen molar-refractivity contribution >= 4 is 5.91 Å². The zero-order valence-electron chi connectivity index (χ0n) is 13.8. The third-order valence-electron chi connectivity index (χ3n) is 5.43. The molecule has 2 heterocycles. The molecule has 0 radical (unpaired) electrons. The van der Waals surface area contributed by atoms with Crippen LogP contribution in [0.1, 0.15) is 37.2 Å². The molecule has 3 aliphatic rings. The van der Waals surface area contributed by atoms with E-state index in [1.807, 2.05) is 4.90 Å². The fraction of sp³-hybridized carbons (Fsp3) is 0.632. The summed E-state index contributed by atoms with van der Waals surface area (Å²) in [7, 11) is 0. The van der Waals surface area contributed by atoms with Gasteiger partial charge in [-0.3, -0.25) is 4.79 Å². The Morgan fingerprint density at radius 1 is 1.12 bits per heavy atom. The monoisotopic (exact) mass is 333 g/mol. The summed E-state index contributed by atoms with van der Waals surface area (Å²) in [4.78, 5) is 14.6. The molecule has 1 amide bonds. The molecule has 3 atom stereocenters. The lowest BCUT2D eigenvalue weighted by Crippen LogP contribution is -2.42. The van der Waals surface area contributed by atoms with Crippen molar-refractivity contribution in [1.82, 2.24) is 4.90 Å². The Morgan fingerprint density at radius 2 is 1.88 bits per heavy atom. The van der Waals surface area contributed by atoms with E-state index in [1.165, 1.54) is 12.1 Å². The molecule has 4 rings (SSSR count). The Morgan fingerprint density at radius 3 is 2.54 bits per heavy atom. The van der Waals surface area contributed by atoms with Gasteiger partial charge in [0.2, 0.25) is 5.91 Å². The van der Waals surface area contributed by atoms with Crippen molar-refractivity contribution in [1.29, 1.82) is 0 Å². The van der Waals surface area contributed by atoms with E-state index in [0.717, 1.165) is 50.9 Å². The van der Waals surface area contributed by atoms with E-state index in [4.69, 9.17) is 9.47 Å². The molecule has 0 aromatic heterocycles. The van der Waals surface area contributed by atoms with Gasteiger partial charge < -0.3 is 14.4 Å². The number of hydrogen-bond donors (Lipinski definition) is 0. The fourth-order valence-corrected chi connectivity index (χ4v) is 3.89. The first-order valence-electron chi connectivity index (χ1n) is 8.98.